The van der Waals surface area contributed by atoms with Crippen LogP contribution in [0.1, 0.15) is 64.4 Å². The summed E-state index contributed by atoms with van der Waals surface area (Å²) in [6.45, 7) is 3.81. The van der Waals surface area contributed by atoms with Gasteiger partial charge in [0.25, 0.3) is 5.91 Å². The molecule has 0 aliphatic heterocycles. The number of fused-ring (bicyclic) bond motifs is 1. The van der Waals surface area contributed by atoms with Crippen LogP contribution in [-0.2, 0) is 15.6 Å². The van der Waals surface area contributed by atoms with Crippen LogP contribution in [0.15, 0.2) is 65.1 Å². The molecule has 7 rings (SSSR count). The number of carbonyl (C=O) groups is 2. The average Bonchev–Trinajstić information content (AvgIpc) is 3.22. The monoisotopic (exact) mass is 541 g/mol. The van der Waals surface area contributed by atoms with Gasteiger partial charge < -0.3 is 9.73 Å². The van der Waals surface area contributed by atoms with Crippen LogP contribution < -0.4 is 5.32 Å². The van der Waals surface area contributed by atoms with Gasteiger partial charge in [-0.1, -0.05) is 48.9 Å². The highest BCUT2D eigenvalue weighted by Gasteiger charge is 2.57. The van der Waals surface area contributed by atoms with Crippen LogP contribution in [0.4, 0.5) is 0 Å². The molecule has 0 unspecified atom stereocenters. The topological polar surface area (TPSA) is 93.4 Å². The number of rotatable bonds is 8. The average molecular weight is 542 g/mol. The summed E-state index contributed by atoms with van der Waals surface area (Å²) in [4.78, 5) is 26.3. The molecule has 0 atom stereocenters. The third kappa shape index (κ3) is 4.69. The van der Waals surface area contributed by atoms with Gasteiger partial charge in [-0.05, 0) is 73.1 Å². The van der Waals surface area contributed by atoms with Gasteiger partial charge in [0.1, 0.15) is 11.3 Å². The fourth-order valence-corrected chi connectivity index (χ4v) is 6.79. The van der Waals surface area contributed by atoms with Crippen molar-refractivity contribution < 1.29 is 22.4 Å². The minimum Gasteiger partial charge on any atom is -0.455 e. The van der Waals surface area contributed by atoms with E-state index >= 15 is 0 Å². The number of aryl methyl sites for hydroxylation is 1. The molecule has 1 amide bonds. The molecule has 0 saturated heterocycles. The Balaban J connectivity index is 1.50. The highest BCUT2D eigenvalue weighted by atomic mass is 32.2. The number of Topliss-reactive ketones (excluding diaryl/α,β-unsaturated/α-hetero) is 1. The Morgan fingerprint density at radius 3 is 2.33 bits per heavy atom. The van der Waals surface area contributed by atoms with Gasteiger partial charge in [0.15, 0.2) is 15.6 Å². The van der Waals surface area contributed by atoms with Crippen LogP contribution >= 0.6 is 0 Å². The Bertz CT molecular complexity index is 1730. The zero-order valence-corrected chi connectivity index (χ0v) is 23.2. The maximum atomic E-state index is 13.2. The molecule has 2 bridgehead atoms. The van der Waals surface area contributed by atoms with Gasteiger partial charge in [-0.15, -0.1) is 0 Å². The van der Waals surface area contributed by atoms with E-state index in [1.165, 1.54) is 6.26 Å². The lowest BCUT2D eigenvalue weighted by atomic mass is 9.50. The van der Waals surface area contributed by atoms with Crippen molar-refractivity contribution in [1.82, 2.24) is 5.32 Å². The van der Waals surface area contributed by atoms with Crippen molar-refractivity contribution in [3.8, 4) is 22.5 Å². The minimum atomic E-state index is -3.39. The summed E-state index contributed by atoms with van der Waals surface area (Å²) in [6.07, 6.45) is 4.63. The molecular weight excluding hydrogens is 510 g/mol. The second kappa shape index (κ2) is 9.19. The Hall–Kier alpha value is -3.71. The standard InChI is InChI=1S/C32H31NO5S/c1-4-27(34)29-26-14-25(22-6-5-7-23(12-22)31(35)33-32-15-20(16-32)17-32)24(18-39(3,36)37)13-28(26)38-30(29)21-10-8-19(2)9-11-21/h5-14,20H,4,15-18H2,1-3H3,(H,33,35). The number of sulfone groups is 1. The number of nitrogens with one attached hydrogen (secondary N) is 1. The molecule has 3 aliphatic carbocycles. The van der Waals surface area contributed by atoms with Crippen LogP contribution in [-0.4, -0.2) is 31.9 Å². The van der Waals surface area contributed by atoms with Gasteiger partial charge in [0.2, 0.25) is 0 Å². The first kappa shape index (κ1) is 25.6. The van der Waals surface area contributed by atoms with Crippen molar-refractivity contribution in [3.63, 3.8) is 0 Å². The van der Waals surface area contributed by atoms with E-state index in [9.17, 15) is 18.0 Å². The van der Waals surface area contributed by atoms with Crippen molar-refractivity contribution in [2.24, 2.45) is 5.92 Å². The van der Waals surface area contributed by atoms with E-state index in [-0.39, 0.29) is 23.0 Å². The molecule has 1 heterocycles. The SMILES string of the molecule is CCC(=O)c1c(-c2ccc(C)cc2)oc2cc(CS(C)(=O)=O)c(-c3cccc(C(=O)NC45CC(C4)C5)c3)cc12. The van der Waals surface area contributed by atoms with Crippen LogP contribution in [0, 0.1) is 12.8 Å². The first-order valence-corrected chi connectivity index (χ1v) is 15.4. The minimum absolute atomic E-state index is 0.0449. The van der Waals surface area contributed by atoms with Gasteiger partial charge in [-0.3, -0.25) is 9.59 Å². The summed E-state index contributed by atoms with van der Waals surface area (Å²) in [5.74, 6) is 0.856. The van der Waals surface area contributed by atoms with E-state index < -0.39 is 9.84 Å². The quantitative estimate of drug-likeness (QED) is 0.257. The van der Waals surface area contributed by atoms with E-state index in [0.29, 0.717) is 51.0 Å². The Morgan fingerprint density at radius 2 is 1.72 bits per heavy atom. The molecular formula is C32H31NO5S. The number of hydrogen-bond acceptors (Lipinski definition) is 5. The van der Waals surface area contributed by atoms with E-state index in [0.717, 1.165) is 36.3 Å². The first-order chi connectivity index (χ1) is 18.5. The molecule has 0 spiro atoms. The third-order valence-electron chi connectivity index (χ3n) is 8.10. The predicted molar refractivity (Wildman–Crippen MR) is 153 cm³/mol. The number of ketones is 1. The molecule has 1 N–H and O–H groups in total. The molecule has 3 saturated carbocycles. The smallest absolute Gasteiger partial charge is 0.251 e. The molecule has 4 aromatic rings. The van der Waals surface area contributed by atoms with E-state index in [4.69, 9.17) is 4.42 Å². The number of hydrogen-bond donors (Lipinski definition) is 1. The van der Waals surface area contributed by atoms with E-state index in [1.54, 1.807) is 18.2 Å². The summed E-state index contributed by atoms with van der Waals surface area (Å²) >= 11 is 0. The Kier molecular flexibility index (Phi) is 6.03. The van der Waals surface area contributed by atoms with Crippen LogP contribution in [0.25, 0.3) is 33.4 Å². The molecule has 3 aliphatic rings. The predicted octanol–water partition coefficient (Wildman–Crippen LogP) is 6.49. The number of benzene rings is 3. The van der Waals surface area contributed by atoms with Crippen LogP contribution in [0.2, 0.25) is 0 Å². The summed E-state index contributed by atoms with van der Waals surface area (Å²) in [7, 11) is -3.39. The highest BCUT2D eigenvalue weighted by molar-refractivity contribution is 7.89. The first-order valence-electron chi connectivity index (χ1n) is 13.3. The van der Waals surface area contributed by atoms with E-state index in [1.807, 2.05) is 56.3 Å². The van der Waals surface area contributed by atoms with Gasteiger partial charge in [0, 0.05) is 34.7 Å². The molecule has 200 valence electrons. The van der Waals surface area contributed by atoms with Crippen molar-refractivity contribution in [2.45, 2.75) is 50.8 Å². The fraction of sp³-hybridized carbons (Fsp3) is 0.312. The van der Waals surface area contributed by atoms with Crippen LogP contribution in [0.5, 0.6) is 0 Å². The lowest BCUT2D eigenvalue weighted by molar-refractivity contribution is -0.0438. The fourth-order valence-electron chi connectivity index (χ4n) is 5.99. The van der Waals surface area contributed by atoms with Gasteiger partial charge >= 0.3 is 0 Å². The van der Waals surface area contributed by atoms with Crippen molar-refractivity contribution >= 4 is 32.5 Å². The van der Waals surface area contributed by atoms with Gasteiger partial charge in [0.05, 0.1) is 11.3 Å². The number of carbonyl (C=O) groups excluding carboxylic acids is 2. The summed E-state index contributed by atoms with van der Waals surface area (Å²) in [5, 5.41) is 3.83. The molecule has 0 radical (unpaired) electrons. The molecule has 3 aromatic carbocycles. The molecule has 7 heteroatoms. The third-order valence-corrected chi connectivity index (χ3v) is 8.93. The zero-order valence-electron chi connectivity index (χ0n) is 22.3. The lowest BCUT2D eigenvalue weighted by Gasteiger charge is -2.61. The Labute approximate surface area is 228 Å². The summed E-state index contributed by atoms with van der Waals surface area (Å²) in [5.41, 5.74) is 5.24. The van der Waals surface area contributed by atoms with Gasteiger partial charge in [-0.2, -0.15) is 0 Å². The number of furan rings is 1. The van der Waals surface area contributed by atoms with Crippen molar-refractivity contribution in [1.29, 1.82) is 0 Å². The largest absolute Gasteiger partial charge is 0.455 e. The Morgan fingerprint density at radius 1 is 1.00 bits per heavy atom. The highest BCUT2D eigenvalue weighted by Crippen LogP contribution is 2.57. The van der Waals surface area contributed by atoms with Crippen molar-refractivity contribution in [2.75, 3.05) is 6.26 Å². The zero-order chi connectivity index (χ0) is 27.5. The second-order valence-corrected chi connectivity index (χ2v) is 13.5. The molecule has 3 fully saturated rings. The van der Waals surface area contributed by atoms with Gasteiger partial charge in [-0.25, -0.2) is 8.42 Å². The normalized spacial score (nSPS) is 19.8. The maximum absolute atomic E-state index is 13.2. The summed E-state index contributed by atoms with van der Waals surface area (Å²) < 4.78 is 31.1. The van der Waals surface area contributed by atoms with E-state index in [2.05, 4.69) is 5.32 Å². The molecule has 6 nitrogen and oxygen atoms in total. The molecule has 1 aromatic heterocycles. The second-order valence-electron chi connectivity index (χ2n) is 11.3. The summed E-state index contributed by atoms with van der Waals surface area (Å²) in [6, 6.07) is 18.6. The lowest BCUT2D eigenvalue weighted by Crippen LogP contribution is -2.68. The number of amides is 1. The van der Waals surface area contributed by atoms with Crippen molar-refractivity contribution in [3.05, 3.63) is 82.9 Å². The maximum Gasteiger partial charge on any atom is 0.251 e. The molecule has 39 heavy (non-hydrogen) atoms. The van der Waals surface area contributed by atoms with Crippen LogP contribution in [0.3, 0.4) is 0 Å².